The molecule has 0 aliphatic rings. The standard InChI is InChI=1S/C12H24O.U/c1-9(2)8-11(12(5,6)7)13-10(3)4;/h8-9,11H,1-7H3;/q-2;+2. The van der Waals surface area contributed by atoms with E-state index in [1.807, 2.05) is 13.8 Å². The van der Waals surface area contributed by atoms with Gasteiger partial charge in [-0.05, 0) is 5.41 Å². The third-order valence-electron chi connectivity index (χ3n) is 1.78. The molecule has 2 heteroatoms. The Morgan fingerprint density at radius 3 is 1.79 bits per heavy atom. The predicted octanol–water partition coefficient (Wildman–Crippen LogP) is 3.85. The summed E-state index contributed by atoms with van der Waals surface area (Å²) in [6.07, 6.45) is 3.53. The fraction of sp³-hybridized carbons (Fsp3) is 0.833. The van der Waals surface area contributed by atoms with Gasteiger partial charge in [0.2, 0.25) is 0 Å². The molecule has 14 heavy (non-hydrogen) atoms. The van der Waals surface area contributed by atoms with E-state index >= 15 is 0 Å². The van der Waals surface area contributed by atoms with Crippen LogP contribution in [0.2, 0.25) is 0 Å². The monoisotopic (exact) mass is 422 g/mol. The Morgan fingerprint density at radius 2 is 1.57 bits per heavy atom. The van der Waals surface area contributed by atoms with Crippen molar-refractivity contribution in [1.29, 1.82) is 0 Å². The summed E-state index contributed by atoms with van der Waals surface area (Å²) in [6, 6.07) is 0. The second-order valence-corrected chi connectivity index (χ2v) is 5.25. The summed E-state index contributed by atoms with van der Waals surface area (Å²) in [7, 11) is 0. The van der Waals surface area contributed by atoms with Crippen molar-refractivity contribution in [2.24, 2.45) is 11.3 Å². The van der Waals surface area contributed by atoms with Crippen molar-refractivity contribution in [3.63, 3.8) is 0 Å². The molecule has 0 radical (unpaired) electrons. The summed E-state index contributed by atoms with van der Waals surface area (Å²) in [6.45, 7) is 15.0. The molecule has 0 fully saturated rings. The predicted molar refractivity (Wildman–Crippen MR) is 58.1 cm³/mol. The third kappa shape index (κ3) is 8.33. The van der Waals surface area contributed by atoms with Crippen LogP contribution in [0.5, 0.6) is 0 Å². The van der Waals surface area contributed by atoms with Gasteiger partial charge >= 0.3 is 31.1 Å². The van der Waals surface area contributed by atoms with E-state index in [0.717, 1.165) is 6.10 Å². The van der Waals surface area contributed by atoms with Crippen molar-refractivity contribution in [3.8, 4) is 0 Å². The summed E-state index contributed by atoms with van der Waals surface area (Å²) in [5.41, 5.74) is 0.182. The molecule has 82 valence electrons. The first kappa shape index (κ1) is 17.4. The van der Waals surface area contributed by atoms with Crippen LogP contribution in [-0.4, -0.2) is 6.10 Å². The van der Waals surface area contributed by atoms with E-state index in [1.54, 1.807) is 0 Å². The SMILES string of the molecule is C[C-](C)OC([CH-]C(C)C)C(C)(C)C.[U+2]. The molecular weight excluding hydrogens is 398 g/mol. The molecule has 0 aromatic carbocycles. The van der Waals surface area contributed by atoms with Crippen LogP contribution >= 0.6 is 0 Å². The summed E-state index contributed by atoms with van der Waals surface area (Å²) in [5, 5.41) is 0. The van der Waals surface area contributed by atoms with Gasteiger partial charge in [0.05, 0.1) is 0 Å². The molecule has 0 heterocycles. The topological polar surface area (TPSA) is 9.23 Å². The Hall–Kier alpha value is 1.01. The maximum absolute atomic E-state index is 5.79. The second kappa shape index (κ2) is 7.31. The van der Waals surface area contributed by atoms with Crippen molar-refractivity contribution >= 4 is 0 Å². The molecule has 0 amide bonds. The van der Waals surface area contributed by atoms with Crippen molar-refractivity contribution < 1.29 is 35.9 Å². The minimum Gasteiger partial charge on any atom is -0.571 e. The van der Waals surface area contributed by atoms with Gasteiger partial charge in [0.1, 0.15) is 0 Å². The van der Waals surface area contributed by atoms with E-state index in [9.17, 15) is 0 Å². The van der Waals surface area contributed by atoms with E-state index < -0.39 is 0 Å². The average molecular weight is 422 g/mol. The van der Waals surface area contributed by atoms with Crippen molar-refractivity contribution in [2.45, 2.75) is 54.6 Å². The summed E-state index contributed by atoms with van der Waals surface area (Å²) in [4.78, 5) is 0. The van der Waals surface area contributed by atoms with Crippen LogP contribution in [0, 0.1) is 55.0 Å². The Kier molecular flexibility index (Phi) is 9.09. The van der Waals surface area contributed by atoms with Gasteiger partial charge < -0.3 is 11.2 Å². The van der Waals surface area contributed by atoms with E-state index in [2.05, 4.69) is 41.0 Å². The number of rotatable bonds is 4. The first-order chi connectivity index (χ1) is 5.73. The molecule has 0 rings (SSSR count). The quantitative estimate of drug-likeness (QED) is 0.626. The largest absolute Gasteiger partial charge is 2.00 e. The van der Waals surface area contributed by atoms with Gasteiger partial charge in [-0.2, -0.15) is 19.8 Å². The van der Waals surface area contributed by atoms with E-state index in [0.29, 0.717) is 5.92 Å². The van der Waals surface area contributed by atoms with Crippen LogP contribution in [0.1, 0.15) is 48.5 Å². The first-order valence-corrected chi connectivity index (χ1v) is 5.05. The maximum Gasteiger partial charge on any atom is 2.00 e. The summed E-state index contributed by atoms with van der Waals surface area (Å²) >= 11 is 0. The zero-order valence-electron chi connectivity index (χ0n) is 10.6. The molecule has 0 aliphatic heterocycles. The fourth-order valence-electron chi connectivity index (χ4n) is 1.11. The minimum atomic E-state index is 0. The molecule has 0 aliphatic carbocycles. The first-order valence-electron chi connectivity index (χ1n) is 5.05. The van der Waals surface area contributed by atoms with Gasteiger partial charge in [-0.15, -0.1) is 0 Å². The molecule has 1 unspecified atom stereocenters. The summed E-state index contributed by atoms with van der Waals surface area (Å²) < 4.78 is 5.79. The van der Waals surface area contributed by atoms with Crippen LogP contribution in [0.4, 0.5) is 0 Å². The molecule has 0 saturated heterocycles. The molecule has 0 bridgehead atoms. The fourth-order valence-corrected chi connectivity index (χ4v) is 1.11. The molecule has 0 N–H and O–H groups in total. The van der Waals surface area contributed by atoms with Gasteiger partial charge in [0.15, 0.2) is 0 Å². The Morgan fingerprint density at radius 1 is 1.14 bits per heavy atom. The van der Waals surface area contributed by atoms with E-state index in [1.165, 1.54) is 0 Å². The Bertz CT molecular complexity index is 126. The molecule has 0 aromatic rings. The van der Waals surface area contributed by atoms with Crippen LogP contribution < -0.4 is 0 Å². The smallest absolute Gasteiger partial charge is 0.571 e. The second-order valence-electron chi connectivity index (χ2n) is 5.25. The maximum atomic E-state index is 5.79. The summed E-state index contributed by atoms with van der Waals surface area (Å²) in [5.74, 6) is 0.573. The molecule has 1 atom stereocenters. The number of ether oxygens (including phenoxy) is 1. The molecular formula is C12H24OU. The molecule has 0 spiro atoms. The van der Waals surface area contributed by atoms with Crippen molar-refractivity contribution in [1.82, 2.24) is 0 Å². The number of hydrogen-bond acceptors (Lipinski definition) is 1. The van der Waals surface area contributed by atoms with Gasteiger partial charge in [-0.1, -0.05) is 40.7 Å². The number of hydrogen-bond donors (Lipinski definition) is 0. The van der Waals surface area contributed by atoms with Gasteiger partial charge in [-0.3, -0.25) is 0 Å². The van der Waals surface area contributed by atoms with Crippen molar-refractivity contribution in [2.75, 3.05) is 0 Å². The van der Waals surface area contributed by atoms with E-state index in [-0.39, 0.29) is 42.6 Å². The molecule has 1 nitrogen and oxygen atoms in total. The van der Waals surface area contributed by atoms with Gasteiger partial charge in [0, 0.05) is 0 Å². The van der Waals surface area contributed by atoms with Crippen LogP contribution in [0.15, 0.2) is 0 Å². The normalized spacial score (nSPS) is 14.4. The van der Waals surface area contributed by atoms with Gasteiger partial charge in [0.25, 0.3) is 0 Å². The molecule has 0 saturated carbocycles. The Balaban J connectivity index is 0. The zero-order chi connectivity index (χ0) is 10.6. The third-order valence-corrected chi connectivity index (χ3v) is 1.78. The van der Waals surface area contributed by atoms with Crippen LogP contribution in [-0.2, 0) is 4.74 Å². The zero-order valence-corrected chi connectivity index (χ0v) is 14.8. The van der Waals surface area contributed by atoms with Crippen LogP contribution in [0.25, 0.3) is 0 Å². The van der Waals surface area contributed by atoms with Crippen molar-refractivity contribution in [3.05, 3.63) is 12.5 Å². The molecule has 0 aromatic heterocycles. The average Bonchev–Trinajstić information content (AvgIpc) is 1.81. The minimum absolute atomic E-state index is 0. The Labute approximate surface area is 114 Å². The van der Waals surface area contributed by atoms with Gasteiger partial charge in [-0.25, -0.2) is 6.10 Å². The van der Waals surface area contributed by atoms with Crippen LogP contribution in [0.3, 0.4) is 0 Å². The van der Waals surface area contributed by atoms with E-state index in [4.69, 9.17) is 4.74 Å².